The van der Waals surface area contributed by atoms with Crippen LogP contribution in [0.3, 0.4) is 0 Å². The summed E-state index contributed by atoms with van der Waals surface area (Å²) in [5.74, 6) is 1.03. The Morgan fingerprint density at radius 2 is 2.00 bits per heavy atom. The van der Waals surface area contributed by atoms with Crippen LogP contribution < -0.4 is 5.32 Å². The molecule has 0 aliphatic heterocycles. The largest absolute Gasteiger partial charge is 0.469 e. The lowest BCUT2D eigenvalue weighted by Crippen LogP contribution is -2.27. The zero-order valence-electron chi connectivity index (χ0n) is 15.8. The van der Waals surface area contributed by atoms with E-state index < -0.39 is 0 Å². The van der Waals surface area contributed by atoms with Crippen molar-refractivity contribution in [1.82, 2.24) is 14.7 Å². The first-order valence-electron chi connectivity index (χ1n) is 9.49. The predicted molar refractivity (Wildman–Crippen MR) is 108 cm³/mol. The van der Waals surface area contributed by atoms with E-state index in [0.717, 1.165) is 29.1 Å². The van der Waals surface area contributed by atoms with Gasteiger partial charge in [0.05, 0.1) is 18.4 Å². The second-order valence-corrected chi connectivity index (χ2v) is 6.93. The minimum atomic E-state index is -0.00503. The predicted octanol–water partition coefficient (Wildman–Crippen LogP) is 4.12. The second-order valence-electron chi connectivity index (χ2n) is 6.93. The van der Waals surface area contributed by atoms with Gasteiger partial charge >= 0.3 is 0 Å². The van der Waals surface area contributed by atoms with E-state index in [4.69, 9.17) is 4.42 Å². The summed E-state index contributed by atoms with van der Waals surface area (Å²) in [6.45, 7) is 2.60. The lowest BCUT2D eigenvalue weighted by atomic mass is 9.93. The molecule has 0 radical (unpaired) electrons. The molecular formula is C23H23N3O2. The maximum absolute atomic E-state index is 12.5. The molecule has 0 saturated heterocycles. The van der Waals surface area contributed by atoms with Crippen molar-refractivity contribution in [3.8, 4) is 0 Å². The highest BCUT2D eigenvalue weighted by atomic mass is 16.3. The molecule has 5 nitrogen and oxygen atoms in total. The summed E-state index contributed by atoms with van der Waals surface area (Å²) < 4.78 is 7.60. The van der Waals surface area contributed by atoms with Crippen molar-refractivity contribution >= 4 is 11.6 Å². The number of nitrogens with one attached hydrogen (secondary N) is 1. The maximum atomic E-state index is 12.5. The summed E-state index contributed by atoms with van der Waals surface area (Å²) in [6, 6.07) is 18.1. The molecule has 0 aliphatic rings. The zero-order valence-corrected chi connectivity index (χ0v) is 15.8. The van der Waals surface area contributed by atoms with Gasteiger partial charge in [0, 0.05) is 24.9 Å². The van der Waals surface area contributed by atoms with Gasteiger partial charge in [-0.2, -0.15) is 0 Å². The molecule has 1 N–H and O–H groups in total. The number of hydrogen-bond acceptors (Lipinski definition) is 3. The molecule has 1 unspecified atom stereocenters. The maximum Gasteiger partial charge on any atom is 0.226 e. The Bertz CT molecular complexity index is 1050. The van der Waals surface area contributed by atoms with Gasteiger partial charge in [0.2, 0.25) is 5.91 Å². The molecule has 4 aromatic rings. The minimum Gasteiger partial charge on any atom is -0.469 e. The van der Waals surface area contributed by atoms with E-state index in [1.807, 2.05) is 60.0 Å². The topological polar surface area (TPSA) is 59.5 Å². The van der Waals surface area contributed by atoms with Crippen molar-refractivity contribution in [3.05, 3.63) is 95.8 Å². The van der Waals surface area contributed by atoms with Gasteiger partial charge in [-0.25, -0.2) is 4.98 Å². The lowest BCUT2D eigenvalue weighted by molar-refractivity contribution is -0.120. The number of fused-ring (bicyclic) bond motifs is 1. The van der Waals surface area contributed by atoms with Crippen LogP contribution in [0.1, 0.15) is 34.9 Å². The third kappa shape index (κ3) is 3.83. The number of nitrogens with zero attached hydrogens (tertiary/aromatic N) is 2. The Morgan fingerprint density at radius 3 is 2.79 bits per heavy atom. The number of hydrogen-bond donors (Lipinski definition) is 1. The van der Waals surface area contributed by atoms with Crippen molar-refractivity contribution < 1.29 is 9.21 Å². The Kier molecular flexibility index (Phi) is 5.24. The average Bonchev–Trinajstić information content (AvgIpc) is 3.37. The normalized spacial score (nSPS) is 12.2. The summed E-state index contributed by atoms with van der Waals surface area (Å²) in [5.41, 5.74) is 4.07. The Labute approximate surface area is 164 Å². The fourth-order valence-corrected chi connectivity index (χ4v) is 3.56. The summed E-state index contributed by atoms with van der Waals surface area (Å²) in [6.07, 6.45) is 6.49. The molecule has 0 fully saturated rings. The van der Waals surface area contributed by atoms with Gasteiger partial charge in [0.1, 0.15) is 11.4 Å². The van der Waals surface area contributed by atoms with E-state index in [1.165, 1.54) is 5.56 Å². The van der Waals surface area contributed by atoms with Gasteiger partial charge in [0.25, 0.3) is 0 Å². The number of aromatic nitrogens is 2. The molecule has 5 heteroatoms. The highest BCUT2D eigenvalue weighted by molar-refractivity contribution is 5.78. The Morgan fingerprint density at radius 1 is 1.14 bits per heavy atom. The number of pyridine rings is 1. The van der Waals surface area contributed by atoms with E-state index in [-0.39, 0.29) is 11.8 Å². The van der Waals surface area contributed by atoms with Crippen molar-refractivity contribution in [2.75, 3.05) is 6.54 Å². The van der Waals surface area contributed by atoms with Gasteiger partial charge in [-0.05, 0) is 42.7 Å². The molecule has 0 aliphatic carbocycles. The number of imidazole rings is 1. The molecule has 28 heavy (non-hydrogen) atoms. The Hall–Kier alpha value is -3.34. The number of furan rings is 1. The molecule has 0 saturated carbocycles. The van der Waals surface area contributed by atoms with Crippen molar-refractivity contribution in [1.29, 1.82) is 0 Å². The van der Waals surface area contributed by atoms with Gasteiger partial charge in [0.15, 0.2) is 0 Å². The SMILES string of the molecule is Cc1cccn2c(CC(=O)NCCC(c3ccccc3)c3ccco3)cnc12. The number of aryl methyl sites for hydroxylation is 1. The van der Waals surface area contributed by atoms with Crippen LogP contribution in [0.2, 0.25) is 0 Å². The summed E-state index contributed by atoms with van der Waals surface area (Å²) in [5, 5.41) is 3.04. The van der Waals surface area contributed by atoms with Gasteiger partial charge < -0.3 is 14.1 Å². The van der Waals surface area contributed by atoms with E-state index in [2.05, 4.69) is 22.4 Å². The van der Waals surface area contributed by atoms with Crippen LogP contribution in [0.5, 0.6) is 0 Å². The molecular weight excluding hydrogens is 350 g/mol. The van der Waals surface area contributed by atoms with Crippen LogP contribution >= 0.6 is 0 Å². The summed E-state index contributed by atoms with van der Waals surface area (Å²) >= 11 is 0. The van der Waals surface area contributed by atoms with Crippen LogP contribution in [-0.2, 0) is 11.2 Å². The monoisotopic (exact) mass is 373 g/mol. The third-order valence-corrected chi connectivity index (χ3v) is 4.99. The highest BCUT2D eigenvalue weighted by Gasteiger charge is 2.17. The average molecular weight is 373 g/mol. The zero-order chi connectivity index (χ0) is 19.3. The lowest BCUT2D eigenvalue weighted by Gasteiger charge is -2.15. The minimum absolute atomic E-state index is 0.00503. The first-order chi connectivity index (χ1) is 13.7. The number of carbonyl (C=O) groups excluding carboxylic acids is 1. The molecule has 1 amide bonds. The van der Waals surface area contributed by atoms with Crippen molar-refractivity contribution in [2.24, 2.45) is 0 Å². The highest BCUT2D eigenvalue weighted by Crippen LogP contribution is 2.27. The molecule has 4 rings (SSSR count). The smallest absolute Gasteiger partial charge is 0.226 e. The number of amides is 1. The fourth-order valence-electron chi connectivity index (χ4n) is 3.56. The van der Waals surface area contributed by atoms with Crippen molar-refractivity contribution in [3.63, 3.8) is 0 Å². The first-order valence-corrected chi connectivity index (χ1v) is 9.49. The van der Waals surface area contributed by atoms with Gasteiger partial charge in [-0.3, -0.25) is 4.79 Å². The van der Waals surface area contributed by atoms with Crippen LogP contribution in [-0.4, -0.2) is 21.8 Å². The molecule has 1 atom stereocenters. The summed E-state index contributed by atoms with van der Waals surface area (Å²) in [4.78, 5) is 16.9. The number of rotatable bonds is 7. The number of benzene rings is 1. The van der Waals surface area contributed by atoms with Gasteiger partial charge in [-0.1, -0.05) is 36.4 Å². The molecule has 142 valence electrons. The first kappa shape index (κ1) is 18.0. The Balaban J connectivity index is 1.39. The summed E-state index contributed by atoms with van der Waals surface area (Å²) in [7, 11) is 0. The van der Waals surface area contributed by atoms with E-state index in [1.54, 1.807) is 12.5 Å². The van der Waals surface area contributed by atoms with Crippen LogP contribution in [0.4, 0.5) is 0 Å². The van der Waals surface area contributed by atoms with Gasteiger partial charge in [-0.15, -0.1) is 0 Å². The second kappa shape index (κ2) is 8.13. The fraction of sp³-hybridized carbons (Fsp3) is 0.217. The molecule has 0 spiro atoms. The number of carbonyl (C=O) groups is 1. The van der Waals surface area contributed by atoms with Crippen LogP contribution in [0.15, 0.2) is 77.7 Å². The third-order valence-electron chi connectivity index (χ3n) is 4.99. The van der Waals surface area contributed by atoms with E-state index in [0.29, 0.717) is 13.0 Å². The molecule has 3 heterocycles. The van der Waals surface area contributed by atoms with Crippen LogP contribution in [0.25, 0.3) is 5.65 Å². The standard InChI is InChI=1S/C23H23N3O2/c1-17-7-5-13-26-19(16-25-23(17)26)15-22(27)24-12-11-20(21-10-6-14-28-21)18-8-3-2-4-9-18/h2-10,13-14,16,20H,11-12,15H2,1H3,(H,24,27). The van der Waals surface area contributed by atoms with E-state index in [9.17, 15) is 4.79 Å². The molecule has 3 aromatic heterocycles. The van der Waals surface area contributed by atoms with Crippen LogP contribution in [0, 0.1) is 6.92 Å². The van der Waals surface area contributed by atoms with Crippen molar-refractivity contribution in [2.45, 2.75) is 25.7 Å². The quantitative estimate of drug-likeness (QED) is 0.530. The molecule has 1 aromatic carbocycles. The van der Waals surface area contributed by atoms with E-state index >= 15 is 0 Å². The molecule has 0 bridgehead atoms.